The first-order chi connectivity index (χ1) is 13.2. The monoisotopic (exact) mass is 360 g/mol. The number of aromatic nitrogens is 3. The zero-order valence-corrected chi connectivity index (χ0v) is 15.1. The van der Waals surface area contributed by atoms with Gasteiger partial charge in [0.2, 0.25) is 0 Å². The molecule has 0 aliphatic carbocycles. The minimum absolute atomic E-state index is 0.0698. The molecular formula is C21H20N4O2. The molecule has 0 unspecified atom stereocenters. The summed E-state index contributed by atoms with van der Waals surface area (Å²) >= 11 is 0. The van der Waals surface area contributed by atoms with Gasteiger partial charge in [0.25, 0.3) is 5.56 Å². The van der Waals surface area contributed by atoms with Gasteiger partial charge in [-0.05, 0) is 55.6 Å². The van der Waals surface area contributed by atoms with Crippen LogP contribution in [0.1, 0.15) is 30.2 Å². The molecule has 1 saturated heterocycles. The van der Waals surface area contributed by atoms with Crippen LogP contribution in [0.5, 0.6) is 0 Å². The first-order valence-electron chi connectivity index (χ1n) is 9.29. The quantitative estimate of drug-likeness (QED) is 0.594. The van der Waals surface area contributed by atoms with Crippen molar-refractivity contribution in [1.29, 1.82) is 0 Å². The Morgan fingerprint density at radius 3 is 2.81 bits per heavy atom. The van der Waals surface area contributed by atoms with Gasteiger partial charge in [0.1, 0.15) is 11.2 Å². The lowest BCUT2D eigenvalue weighted by Crippen LogP contribution is -2.27. The Morgan fingerprint density at radius 1 is 1.11 bits per heavy atom. The zero-order valence-electron chi connectivity index (χ0n) is 15.1. The average Bonchev–Trinajstić information content (AvgIpc) is 3.07. The van der Waals surface area contributed by atoms with Gasteiger partial charge in [-0.3, -0.25) is 9.20 Å². The van der Waals surface area contributed by atoms with E-state index >= 15 is 0 Å². The summed E-state index contributed by atoms with van der Waals surface area (Å²) in [5.74, 6) is 1.12. The van der Waals surface area contributed by atoms with Crippen LogP contribution in [0.4, 0.5) is 0 Å². The summed E-state index contributed by atoms with van der Waals surface area (Å²) in [6, 6.07) is 11.3. The van der Waals surface area contributed by atoms with Crippen molar-refractivity contribution < 1.29 is 4.42 Å². The summed E-state index contributed by atoms with van der Waals surface area (Å²) < 4.78 is 7.25. The number of nitrogens with one attached hydrogen (secondary N) is 1. The number of aryl methyl sites for hydroxylation is 1. The molecule has 5 rings (SSSR count). The Labute approximate surface area is 155 Å². The number of hydrogen-bond donors (Lipinski definition) is 1. The van der Waals surface area contributed by atoms with E-state index in [1.54, 1.807) is 10.5 Å². The summed E-state index contributed by atoms with van der Waals surface area (Å²) in [7, 11) is 0. The van der Waals surface area contributed by atoms with E-state index in [2.05, 4.69) is 16.4 Å². The van der Waals surface area contributed by atoms with Crippen molar-refractivity contribution in [3.05, 3.63) is 64.4 Å². The lowest BCUT2D eigenvalue weighted by molar-refractivity contribution is 0.459. The fraction of sp³-hybridized carbons (Fsp3) is 0.286. The van der Waals surface area contributed by atoms with Crippen molar-refractivity contribution in [3.8, 4) is 11.3 Å². The van der Waals surface area contributed by atoms with Crippen LogP contribution >= 0.6 is 0 Å². The van der Waals surface area contributed by atoms with Gasteiger partial charge in [-0.25, -0.2) is 9.97 Å². The van der Waals surface area contributed by atoms with Crippen molar-refractivity contribution in [2.24, 2.45) is 0 Å². The lowest BCUT2D eigenvalue weighted by Gasteiger charge is -2.23. The predicted octanol–water partition coefficient (Wildman–Crippen LogP) is 3.28. The summed E-state index contributed by atoms with van der Waals surface area (Å²) in [6.45, 7) is 3.87. The van der Waals surface area contributed by atoms with Gasteiger partial charge in [-0.2, -0.15) is 0 Å². The number of rotatable bonds is 2. The first kappa shape index (κ1) is 16.2. The highest BCUT2D eigenvalue weighted by atomic mass is 16.3. The number of oxazole rings is 1. The van der Waals surface area contributed by atoms with Gasteiger partial charge >= 0.3 is 0 Å². The molecule has 0 bridgehead atoms. The minimum Gasteiger partial charge on any atom is -0.441 e. The summed E-state index contributed by atoms with van der Waals surface area (Å²) in [5, 5.41) is 3.38. The molecule has 1 N–H and O–H groups in total. The van der Waals surface area contributed by atoms with Crippen molar-refractivity contribution >= 4 is 16.7 Å². The molecule has 136 valence electrons. The number of pyridine rings is 1. The molecule has 1 aromatic carbocycles. The van der Waals surface area contributed by atoms with Gasteiger partial charge in [0, 0.05) is 24.8 Å². The van der Waals surface area contributed by atoms with Crippen molar-refractivity contribution in [3.63, 3.8) is 0 Å². The maximum atomic E-state index is 12.8. The molecule has 4 heterocycles. The topological polar surface area (TPSA) is 72.4 Å². The number of fused-ring (bicyclic) bond motifs is 2. The van der Waals surface area contributed by atoms with E-state index in [9.17, 15) is 4.79 Å². The summed E-state index contributed by atoms with van der Waals surface area (Å²) in [6.07, 6.45) is 4.15. The van der Waals surface area contributed by atoms with Crippen LogP contribution in [0.2, 0.25) is 0 Å². The second kappa shape index (κ2) is 6.32. The number of nitrogens with zero attached hydrogens (tertiary/aromatic N) is 3. The van der Waals surface area contributed by atoms with Gasteiger partial charge in [-0.15, -0.1) is 0 Å². The maximum Gasteiger partial charge on any atom is 0.258 e. The highest BCUT2D eigenvalue weighted by molar-refractivity contribution is 5.79. The van der Waals surface area contributed by atoms with E-state index < -0.39 is 0 Å². The summed E-state index contributed by atoms with van der Waals surface area (Å²) in [4.78, 5) is 21.8. The molecule has 0 saturated carbocycles. The smallest absolute Gasteiger partial charge is 0.258 e. The molecule has 0 radical (unpaired) electrons. The third kappa shape index (κ3) is 2.92. The van der Waals surface area contributed by atoms with Crippen LogP contribution < -0.4 is 10.9 Å². The molecule has 0 atom stereocenters. The van der Waals surface area contributed by atoms with Crippen LogP contribution in [0.25, 0.3) is 28.0 Å². The molecule has 27 heavy (non-hydrogen) atoms. The van der Waals surface area contributed by atoms with E-state index in [1.807, 2.05) is 37.4 Å². The fourth-order valence-electron chi connectivity index (χ4n) is 3.86. The Hall–Kier alpha value is -2.99. The molecule has 4 aromatic rings. The number of piperidine rings is 1. The lowest BCUT2D eigenvalue weighted by atomic mass is 9.91. The van der Waals surface area contributed by atoms with Crippen molar-refractivity contribution in [1.82, 2.24) is 19.7 Å². The molecular weight excluding hydrogens is 340 g/mol. The highest BCUT2D eigenvalue weighted by Gasteiger charge is 2.16. The third-order valence-corrected chi connectivity index (χ3v) is 5.28. The molecule has 0 spiro atoms. The molecule has 6 heteroatoms. The largest absolute Gasteiger partial charge is 0.441 e. The SMILES string of the molecule is Cc1nc2ccc(-c3cc(=O)n4cc(C5CCNCC5)ccc4n3)cc2o1. The van der Waals surface area contributed by atoms with E-state index in [-0.39, 0.29) is 5.56 Å². The van der Waals surface area contributed by atoms with Gasteiger partial charge in [0.05, 0.1) is 5.69 Å². The predicted molar refractivity (Wildman–Crippen MR) is 104 cm³/mol. The first-order valence-corrected chi connectivity index (χ1v) is 9.29. The Kier molecular flexibility index (Phi) is 3.79. The van der Waals surface area contributed by atoms with Gasteiger partial charge in [0.15, 0.2) is 11.5 Å². The normalized spacial score (nSPS) is 15.6. The second-order valence-electron chi connectivity index (χ2n) is 7.11. The van der Waals surface area contributed by atoms with Crippen molar-refractivity contribution in [2.75, 3.05) is 13.1 Å². The van der Waals surface area contributed by atoms with Crippen molar-refractivity contribution in [2.45, 2.75) is 25.7 Å². The average molecular weight is 360 g/mol. The molecule has 1 aliphatic heterocycles. The third-order valence-electron chi connectivity index (χ3n) is 5.28. The molecule has 1 fully saturated rings. The van der Waals surface area contributed by atoms with Crippen LogP contribution in [0.3, 0.4) is 0 Å². The van der Waals surface area contributed by atoms with Gasteiger partial charge in [-0.1, -0.05) is 12.1 Å². The van der Waals surface area contributed by atoms with Crippen LogP contribution in [-0.2, 0) is 0 Å². The number of hydrogen-bond acceptors (Lipinski definition) is 5. The van der Waals surface area contributed by atoms with Crippen LogP contribution in [0.15, 0.2) is 51.8 Å². The second-order valence-corrected chi connectivity index (χ2v) is 7.11. The standard InChI is InChI=1S/C21H20N4O2/c1-13-23-17-4-2-15(10-19(17)27-13)18-11-21(26)25-12-16(3-5-20(25)24-18)14-6-8-22-9-7-14/h2-5,10-12,14,22H,6-9H2,1H3. The minimum atomic E-state index is -0.0698. The molecule has 0 amide bonds. The maximum absolute atomic E-state index is 12.8. The fourth-order valence-corrected chi connectivity index (χ4v) is 3.86. The molecule has 6 nitrogen and oxygen atoms in total. The number of benzene rings is 1. The Bertz CT molecular complexity index is 1200. The Balaban J connectivity index is 1.58. The van der Waals surface area contributed by atoms with Crippen LogP contribution in [0, 0.1) is 6.92 Å². The van der Waals surface area contributed by atoms with E-state index in [1.165, 1.54) is 5.56 Å². The summed E-state index contributed by atoms with van der Waals surface area (Å²) in [5.41, 5.74) is 4.79. The van der Waals surface area contributed by atoms with E-state index in [0.29, 0.717) is 28.7 Å². The zero-order chi connectivity index (χ0) is 18.4. The van der Waals surface area contributed by atoms with E-state index in [0.717, 1.165) is 37.0 Å². The van der Waals surface area contributed by atoms with Crippen LogP contribution in [-0.4, -0.2) is 27.5 Å². The van der Waals surface area contributed by atoms with E-state index in [4.69, 9.17) is 9.40 Å². The Morgan fingerprint density at radius 2 is 1.96 bits per heavy atom. The highest BCUT2D eigenvalue weighted by Crippen LogP contribution is 2.26. The van der Waals surface area contributed by atoms with Gasteiger partial charge < -0.3 is 9.73 Å². The molecule has 3 aromatic heterocycles. The molecule has 1 aliphatic rings.